The Morgan fingerprint density at radius 2 is 0.905 bits per heavy atom. The van der Waals surface area contributed by atoms with E-state index < -0.39 is 0 Å². The lowest BCUT2D eigenvalue weighted by molar-refractivity contribution is -0.159. The van der Waals surface area contributed by atoms with Gasteiger partial charge in [0, 0.05) is 12.8 Å². The highest BCUT2D eigenvalue weighted by atomic mass is 16.6. The number of hydrogen-bond acceptors (Lipinski definition) is 5. The molecule has 0 aromatic rings. The first-order valence-electron chi connectivity index (χ1n) is 8.34. The van der Waals surface area contributed by atoms with Gasteiger partial charge in [0.1, 0.15) is 0 Å². The third-order valence-electron chi connectivity index (χ3n) is 3.40. The molecule has 0 aliphatic heterocycles. The van der Waals surface area contributed by atoms with Crippen molar-refractivity contribution in [2.75, 3.05) is 13.1 Å². The molecule has 0 aliphatic carbocycles. The van der Waals surface area contributed by atoms with Crippen LogP contribution in [0.5, 0.6) is 0 Å². The van der Waals surface area contributed by atoms with Crippen molar-refractivity contribution in [2.24, 2.45) is 11.5 Å². The van der Waals surface area contributed by atoms with E-state index in [1.165, 1.54) is 0 Å². The maximum absolute atomic E-state index is 11.4. The minimum Gasteiger partial charge on any atom is -0.393 e. The maximum atomic E-state index is 11.4. The number of unbranched alkanes of at least 4 members (excludes halogenated alkanes) is 8. The second-order valence-electron chi connectivity index (χ2n) is 5.46. The van der Waals surface area contributed by atoms with Crippen LogP contribution in [0, 0.1) is 0 Å². The molecule has 124 valence electrons. The van der Waals surface area contributed by atoms with Crippen molar-refractivity contribution in [3.05, 3.63) is 0 Å². The van der Waals surface area contributed by atoms with Crippen LogP contribution >= 0.6 is 0 Å². The van der Waals surface area contributed by atoms with E-state index in [0.29, 0.717) is 12.8 Å². The van der Waals surface area contributed by atoms with Crippen molar-refractivity contribution < 1.29 is 14.3 Å². The largest absolute Gasteiger partial charge is 0.393 e. The normalized spacial score (nSPS) is 10.6. The zero-order valence-electron chi connectivity index (χ0n) is 13.3. The Kier molecular flexibility index (Phi) is 14.8. The smallest absolute Gasteiger partial charge is 0.313 e. The van der Waals surface area contributed by atoms with Crippen LogP contribution in [-0.4, -0.2) is 25.0 Å². The molecular weight excluding hydrogens is 268 g/mol. The van der Waals surface area contributed by atoms with Crippen LogP contribution in [0.25, 0.3) is 0 Å². The molecule has 0 atom stereocenters. The Morgan fingerprint density at radius 1 is 0.571 bits per heavy atom. The first-order chi connectivity index (χ1) is 10.2. The number of ether oxygens (including phenoxy) is 1. The van der Waals surface area contributed by atoms with Gasteiger partial charge in [-0.05, 0) is 38.8 Å². The van der Waals surface area contributed by atoms with Crippen molar-refractivity contribution in [1.29, 1.82) is 0 Å². The predicted molar refractivity (Wildman–Crippen MR) is 84.6 cm³/mol. The van der Waals surface area contributed by atoms with E-state index in [9.17, 15) is 9.59 Å². The molecule has 0 saturated heterocycles. The number of esters is 2. The van der Waals surface area contributed by atoms with Gasteiger partial charge >= 0.3 is 11.9 Å². The molecule has 0 aromatic carbocycles. The standard InChI is InChI=1S/C16H32N2O3/c17-13-9-5-1-3-7-11-15(19)21-16(20)12-8-4-2-6-10-14-18/h1-14,17-18H2. The predicted octanol–water partition coefficient (Wildman–Crippen LogP) is 2.65. The van der Waals surface area contributed by atoms with E-state index >= 15 is 0 Å². The molecule has 0 heterocycles. The highest BCUT2D eigenvalue weighted by Crippen LogP contribution is 2.08. The molecule has 0 aromatic heterocycles. The third kappa shape index (κ3) is 15.3. The highest BCUT2D eigenvalue weighted by molar-refractivity contribution is 5.85. The Balaban J connectivity index is 3.38. The average Bonchev–Trinajstić information content (AvgIpc) is 2.46. The summed E-state index contributed by atoms with van der Waals surface area (Å²) in [6.07, 6.45) is 10.7. The van der Waals surface area contributed by atoms with E-state index in [4.69, 9.17) is 16.2 Å². The number of hydrogen-bond donors (Lipinski definition) is 2. The molecule has 21 heavy (non-hydrogen) atoms. The molecule has 0 rings (SSSR count). The van der Waals surface area contributed by atoms with Crippen LogP contribution in [0.4, 0.5) is 0 Å². The summed E-state index contributed by atoms with van der Waals surface area (Å²) in [5.41, 5.74) is 10.8. The molecule has 0 unspecified atom stereocenters. The first kappa shape index (κ1) is 20.1. The van der Waals surface area contributed by atoms with Crippen molar-refractivity contribution >= 4 is 11.9 Å². The van der Waals surface area contributed by atoms with E-state index in [-0.39, 0.29) is 11.9 Å². The van der Waals surface area contributed by atoms with Gasteiger partial charge in [0.15, 0.2) is 0 Å². The lowest BCUT2D eigenvalue weighted by Gasteiger charge is -2.03. The minimum absolute atomic E-state index is 0.338. The molecule has 0 bridgehead atoms. The van der Waals surface area contributed by atoms with Crippen LogP contribution in [-0.2, 0) is 14.3 Å². The summed E-state index contributed by atoms with van der Waals surface area (Å²) in [6, 6.07) is 0. The molecule has 0 saturated carbocycles. The molecule has 0 radical (unpaired) electrons. The molecule has 4 N–H and O–H groups in total. The molecule has 5 heteroatoms. The first-order valence-corrected chi connectivity index (χ1v) is 8.34. The average molecular weight is 300 g/mol. The Morgan fingerprint density at radius 3 is 1.29 bits per heavy atom. The summed E-state index contributed by atoms with van der Waals surface area (Å²) in [6.45, 7) is 1.45. The summed E-state index contributed by atoms with van der Waals surface area (Å²) in [5.74, 6) is -0.774. The lowest BCUT2D eigenvalue weighted by atomic mass is 10.1. The zero-order chi connectivity index (χ0) is 15.8. The molecule has 0 amide bonds. The van der Waals surface area contributed by atoms with Gasteiger partial charge in [0.25, 0.3) is 0 Å². The summed E-state index contributed by atoms with van der Waals surface area (Å²) >= 11 is 0. The second-order valence-corrected chi connectivity index (χ2v) is 5.46. The number of carbonyl (C=O) groups excluding carboxylic acids is 2. The van der Waals surface area contributed by atoms with Gasteiger partial charge in [-0.15, -0.1) is 0 Å². The number of rotatable bonds is 14. The second kappa shape index (κ2) is 15.4. The van der Waals surface area contributed by atoms with Gasteiger partial charge in [-0.1, -0.05) is 38.5 Å². The van der Waals surface area contributed by atoms with Crippen molar-refractivity contribution in [1.82, 2.24) is 0 Å². The van der Waals surface area contributed by atoms with Crippen LogP contribution < -0.4 is 11.5 Å². The fraction of sp³-hybridized carbons (Fsp3) is 0.875. The van der Waals surface area contributed by atoms with Gasteiger partial charge in [-0.3, -0.25) is 9.59 Å². The molecule has 5 nitrogen and oxygen atoms in total. The molecule has 0 aliphatic rings. The molecule has 0 spiro atoms. The Bertz CT molecular complexity index is 244. The number of nitrogens with two attached hydrogens (primary N) is 2. The van der Waals surface area contributed by atoms with Crippen LogP contribution in [0.3, 0.4) is 0 Å². The SMILES string of the molecule is NCCCCCCCC(=O)OC(=O)CCCCCCCN. The summed E-state index contributed by atoms with van der Waals surface area (Å²) in [7, 11) is 0. The highest BCUT2D eigenvalue weighted by Gasteiger charge is 2.09. The van der Waals surface area contributed by atoms with Crippen molar-refractivity contribution in [2.45, 2.75) is 77.0 Å². The third-order valence-corrected chi connectivity index (χ3v) is 3.40. The Labute approximate surface area is 128 Å². The van der Waals surface area contributed by atoms with Crippen molar-refractivity contribution in [3.63, 3.8) is 0 Å². The summed E-state index contributed by atoms with van der Waals surface area (Å²) < 4.78 is 4.79. The fourth-order valence-corrected chi connectivity index (χ4v) is 2.12. The van der Waals surface area contributed by atoms with Gasteiger partial charge in [-0.25, -0.2) is 0 Å². The van der Waals surface area contributed by atoms with E-state index in [1.54, 1.807) is 0 Å². The van der Waals surface area contributed by atoms with E-state index in [1.807, 2.05) is 0 Å². The fourth-order valence-electron chi connectivity index (χ4n) is 2.12. The van der Waals surface area contributed by atoms with Crippen LogP contribution in [0.1, 0.15) is 77.0 Å². The topological polar surface area (TPSA) is 95.4 Å². The molecule has 0 fully saturated rings. The summed E-state index contributed by atoms with van der Waals surface area (Å²) in [5, 5.41) is 0. The minimum atomic E-state index is -0.387. The quantitative estimate of drug-likeness (QED) is 0.292. The van der Waals surface area contributed by atoms with Gasteiger partial charge in [-0.2, -0.15) is 0 Å². The van der Waals surface area contributed by atoms with E-state index in [0.717, 1.165) is 77.3 Å². The maximum Gasteiger partial charge on any atom is 0.313 e. The van der Waals surface area contributed by atoms with Gasteiger partial charge < -0.3 is 16.2 Å². The molecular formula is C16H32N2O3. The van der Waals surface area contributed by atoms with Crippen LogP contribution in [0.15, 0.2) is 0 Å². The van der Waals surface area contributed by atoms with Crippen LogP contribution in [0.2, 0.25) is 0 Å². The Hall–Kier alpha value is -0.940. The van der Waals surface area contributed by atoms with Crippen molar-refractivity contribution in [3.8, 4) is 0 Å². The van der Waals surface area contributed by atoms with Gasteiger partial charge in [0.05, 0.1) is 0 Å². The monoisotopic (exact) mass is 300 g/mol. The van der Waals surface area contributed by atoms with E-state index in [2.05, 4.69) is 0 Å². The lowest BCUT2D eigenvalue weighted by Crippen LogP contribution is -2.11. The van der Waals surface area contributed by atoms with Gasteiger partial charge in [0.2, 0.25) is 0 Å². The number of carbonyl (C=O) groups is 2. The zero-order valence-corrected chi connectivity index (χ0v) is 13.3. The summed E-state index contributed by atoms with van der Waals surface area (Å²) in [4.78, 5) is 22.9.